The molecule has 130 valence electrons. The lowest BCUT2D eigenvalue weighted by Crippen LogP contribution is -2.35. The van der Waals surface area contributed by atoms with Gasteiger partial charge in [-0.1, -0.05) is 12.8 Å². The second kappa shape index (κ2) is 6.89. The zero-order valence-electron chi connectivity index (χ0n) is 14.6. The Morgan fingerprint density at radius 1 is 1.42 bits per heavy atom. The van der Waals surface area contributed by atoms with Crippen molar-refractivity contribution in [3.05, 3.63) is 23.5 Å². The van der Waals surface area contributed by atoms with E-state index in [9.17, 15) is 9.90 Å². The molecule has 24 heavy (non-hydrogen) atoms. The lowest BCUT2D eigenvalue weighted by atomic mass is 10.0. The highest BCUT2D eigenvalue weighted by atomic mass is 16.3. The molecule has 2 heterocycles. The van der Waals surface area contributed by atoms with Gasteiger partial charge in [0.15, 0.2) is 5.65 Å². The van der Waals surface area contributed by atoms with Gasteiger partial charge in [-0.2, -0.15) is 5.10 Å². The predicted molar refractivity (Wildman–Crippen MR) is 92.9 cm³/mol. The quantitative estimate of drug-likeness (QED) is 0.883. The maximum Gasteiger partial charge on any atom is 0.252 e. The van der Waals surface area contributed by atoms with Crippen molar-refractivity contribution in [3.63, 3.8) is 0 Å². The molecule has 6 heteroatoms. The van der Waals surface area contributed by atoms with E-state index in [-0.39, 0.29) is 11.9 Å². The number of aliphatic hydroxyl groups excluding tert-OH is 1. The minimum Gasteiger partial charge on any atom is -0.391 e. The van der Waals surface area contributed by atoms with Gasteiger partial charge in [0, 0.05) is 18.3 Å². The molecule has 3 rings (SSSR count). The molecule has 2 aromatic rings. The minimum absolute atomic E-state index is 0.175. The summed E-state index contributed by atoms with van der Waals surface area (Å²) in [5.74, 6) is 0.138. The fourth-order valence-corrected chi connectivity index (χ4v) is 3.51. The molecule has 1 atom stereocenters. The number of carbonyl (C=O) groups is 1. The number of hydrogen-bond acceptors (Lipinski definition) is 4. The van der Waals surface area contributed by atoms with Crippen LogP contribution in [0.4, 0.5) is 0 Å². The molecule has 0 saturated heterocycles. The van der Waals surface area contributed by atoms with Crippen LogP contribution in [0.1, 0.15) is 61.6 Å². The first-order chi connectivity index (χ1) is 11.5. The molecule has 1 fully saturated rings. The van der Waals surface area contributed by atoms with Crippen molar-refractivity contribution in [3.8, 4) is 0 Å². The van der Waals surface area contributed by atoms with E-state index in [2.05, 4.69) is 15.4 Å². The topological polar surface area (TPSA) is 80.0 Å². The van der Waals surface area contributed by atoms with Crippen LogP contribution in [0.25, 0.3) is 11.0 Å². The van der Waals surface area contributed by atoms with Crippen LogP contribution in [-0.4, -0.2) is 38.4 Å². The summed E-state index contributed by atoms with van der Waals surface area (Å²) in [6.07, 6.45) is 5.69. The maximum atomic E-state index is 12.6. The Morgan fingerprint density at radius 3 is 2.79 bits per heavy atom. The summed E-state index contributed by atoms with van der Waals surface area (Å²) in [7, 11) is 0. The summed E-state index contributed by atoms with van der Waals surface area (Å²) < 4.78 is 1.83. The number of nitrogens with one attached hydrogen (secondary N) is 1. The lowest BCUT2D eigenvalue weighted by molar-refractivity contribution is 0.0842. The standard InChI is InChI=1S/C18H26N4O2/c1-11(2)22-17-15(9-20-22)14(8-12(3)21-17)18(24)19-10-16(23)13-6-4-5-7-13/h8-9,11,13,16,23H,4-7,10H2,1-3H3,(H,19,24). The Kier molecular flexibility index (Phi) is 4.85. The summed E-state index contributed by atoms with van der Waals surface area (Å²) in [6, 6.07) is 1.96. The van der Waals surface area contributed by atoms with Crippen LogP contribution < -0.4 is 5.32 Å². The van der Waals surface area contributed by atoms with Crippen LogP contribution >= 0.6 is 0 Å². The van der Waals surface area contributed by atoms with Gasteiger partial charge in [0.1, 0.15) is 0 Å². The molecule has 0 bridgehead atoms. The molecular weight excluding hydrogens is 304 g/mol. The van der Waals surface area contributed by atoms with Crippen molar-refractivity contribution in [2.75, 3.05) is 6.54 Å². The zero-order chi connectivity index (χ0) is 17.3. The number of fused-ring (bicyclic) bond motifs is 1. The Bertz CT molecular complexity index is 732. The predicted octanol–water partition coefficient (Wildman–Crippen LogP) is 2.60. The van der Waals surface area contributed by atoms with E-state index in [4.69, 9.17) is 0 Å². The number of hydrogen-bond donors (Lipinski definition) is 2. The molecule has 1 unspecified atom stereocenters. The molecule has 0 radical (unpaired) electrons. The van der Waals surface area contributed by atoms with Crippen molar-refractivity contribution >= 4 is 16.9 Å². The van der Waals surface area contributed by atoms with Gasteiger partial charge in [-0.05, 0) is 45.6 Å². The van der Waals surface area contributed by atoms with E-state index in [0.29, 0.717) is 18.0 Å². The molecule has 2 N–H and O–H groups in total. The summed E-state index contributed by atoms with van der Waals surface area (Å²) in [5.41, 5.74) is 2.08. The lowest BCUT2D eigenvalue weighted by Gasteiger charge is -2.18. The van der Waals surface area contributed by atoms with Gasteiger partial charge in [0.2, 0.25) is 0 Å². The fraction of sp³-hybridized carbons (Fsp3) is 0.611. The van der Waals surface area contributed by atoms with Crippen LogP contribution in [0, 0.1) is 12.8 Å². The van der Waals surface area contributed by atoms with Crippen molar-refractivity contribution in [1.29, 1.82) is 0 Å². The van der Waals surface area contributed by atoms with E-state index in [0.717, 1.165) is 29.6 Å². The minimum atomic E-state index is -0.465. The first-order valence-electron chi connectivity index (χ1n) is 8.78. The third-order valence-corrected chi connectivity index (χ3v) is 4.84. The number of aryl methyl sites for hydroxylation is 1. The van der Waals surface area contributed by atoms with Gasteiger partial charge in [0.25, 0.3) is 5.91 Å². The fourth-order valence-electron chi connectivity index (χ4n) is 3.51. The molecule has 2 aromatic heterocycles. The van der Waals surface area contributed by atoms with Crippen LogP contribution in [0.3, 0.4) is 0 Å². The second-order valence-electron chi connectivity index (χ2n) is 7.05. The van der Waals surface area contributed by atoms with E-state index in [1.807, 2.05) is 25.5 Å². The molecule has 0 aliphatic heterocycles. The van der Waals surface area contributed by atoms with Crippen LogP contribution in [0.5, 0.6) is 0 Å². The summed E-state index contributed by atoms with van der Waals surface area (Å²) >= 11 is 0. The first-order valence-corrected chi connectivity index (χ1v) is 8.78. The molecule has 1 amide bonds. The van der Waals surface area contributed by atoms with E-state index in [1.54, 1.807) is 12.3 Å². The molecule has 0 aromatic carbocycles. The van der Waals surface area contributed by atoms with Gasteiger partial charge in [-0.25, -0.2) is 9.67 Å². The van der Waals surface area contributed by atoms with Crippen molar-refractivity contribution < 1.29 is 9.90 Å². The number of aromatic nitrogens is 3. The molecular formula is C18H26N4O2. The Balaban J connectivity index is 1.79. The van der Waals surface area contributed by atoms with E-state index in [1.165, 1.54) is 12.8 Å². The van der Waals surface area contributed by atoms with Crippen molar-refractivity contribution in [2.24, 2.45) is 5.92 Å². The smallest absolute Gasteiger partial charge is 0.252 e. The van der Waals surface area contributed by atoms with Crippen LogP contribution in [-0.2, 0) is 0 Å². The van der Waals surface area contributed by atoms with Gasteiger partial charge in [-0.3, -0.25) is 4.79 Å². The zero-order valence-corrected chi connectivity index (χ0v) is 14.6. The SMILES string of the molecule is Cc1cc(C(=O)NCC(O)C2CCCC2)c2cnn(C(C)C)c2n1. The monoisotopic (exact) mass is 330 g/mol. The number of amides is 1. The number of nitrogens with zero attached hydrogens (tertiary/aromatic N) is 3. The molecule has 6 nitrogen and oxygen atoms in total. The number of pyridine rings is 1. The summed E-state index contributed by atoms with van der Waals surface area (Å²) in [6.45, 7) is 6.24. The average molecular weight is 330 g/mol. The highest BCUT2D eigenvalue weighted by Crippen LogP contribution is 2.27. The number of aliphatic hydroxyl groups is 1. The van der Waals surface area contributed by atoms with Crippen molar-refractivity contribution in [2.45, 2.75) is 58.6 Å². The van der Waals surface area contributed by atoms with Crippen molar-refractivity contribution in [1.82, 2.24) is 20.1 Å². The number of rotatable bonds is 5. The third-order valence-electron chi connectivity index (χ3n) is 4.84. The van der Waals surface area contributed by atoms with E-state index >= 15 is 0 Å². The van der Waals surface area contributed by atoms with Gasteiger partial charge in [0.05, 0.1) is 23.3 Å². The highest BCUT2D eigenvalue weighted by Gasteiger charge is 2.24. The Labute approximate surface area is 142 Å². The summed E-state index contributed by atoms with van der Waals surface area (Å²) in [5, 5.41) is 18.2. The average Bonchev–Trinajstić information content (AvgIpc) is 3.20. The van der Waals surface area contributed by atoms with Gasteiger partial charge in [-0.15, -0.1) is 0 Å². The first kappa shape index (κ1) is 16.9. The normalized spacial score (nSPS) is 16.9. The third kappa shape index (κ3) is 3.29. The highest BCUT2D eigenvalue weighted by molar-refractivity contribution is 6.05. The van der Waals surface area contributed by atoms with Gasteiger partial charge >= 0.3 is 0 Å². The molecule has 1 aliphatic rings. The van der Waals surface area contributed by atoms with Crippen LogP contribution in [0.15, 0.2) is 12.3 Å². The van der Waals surface area contributed by atoms with Gasteiger partial charge < -0.3 is 10.4 Å². The Hall–Kier alpha value is -1.95. The Morgan fingerprint density at radius 2 is 2.12 bits per heavy atom. The molecule has 0 spiro atoms. The van der Waals surface area contributed by atoms with E-state index < -0.39 is 6.10 Å². The maximum absolute atomic E-state index is 12.6. The molecule has 1 saturated carbocycles. The largest absolute Gasteiger partial charge is 0.391 e. The molecule has 1 aliphatic carbocycles. The summed E-state index contributed by atoms with van der Waals surface area (Å²) in [4.78, 5) is 17.2. The van der Waals surface area contributed by atoms with Crippen LogP contribution in [0.2, 0.25) is 0 Å². The second-order valence-corrected chi connectivity index (χ2v) is 7.05. The number of carbonyl (C=O) groups excluding carboxylic acids is 1.